The number of anilines is 1. The predicted octanol–water partition coefficient (Wildman–Crippen LogP) is 5.15. The Balaban J connectivity index is 1.54. The van der Waals surface area contributed by atoms with Crippen molar-refractivity contribution in [3.8, 4) is 17.2 Å². The smallest absolute Gasteiger partial charge is 0.416 e. The Morgan fingerprint density at radius 3 is 2.45 bits per heavy atom. The molecule has 2 aliphatic heterocycles. The minimum absolute atomic E-state index is 0.0210. The van der Waals surface area contributed by atoms with Crippen LogP contribution in [-0.4, -0.2) is 43.8 Å². The van der Waals surface area contributed by atoms with Gasteiger partial charge in [-0.1, -0.05) is 0 Å². The van der Waals surface area contributed by atoms with Crippen molar-refractivity contribution in [3.63, 3.8) is 0 Å². The summed E-state index contributed by atoms with van der Waals surface area (Å²) in [4.78, 5) is 14.3. The number of nitrogens with one attached hydrogen (secondary N) is 1. The Bertz CT molecular complexity index is 943. The van der Waals surface area contributed by atoms with E-state index in [1.807, 2.05) is 6.92 Å². The third-order valence-corrected chi connectivity index (χ3v) is 5.45. The number of amides is 2. The third-order valence-electron chi connectivity index (χ3n) is 5.45. The highest BCUT2D eigenvalue weighted by Crippen LogP contribution is 2.39. The normalized spacial score (nSPS) is 17.4. The molecule has 0 aliphatic carbocycles. The Hall–Kier alpha value is -2.94. The van der Waals surface area contributed by atoms with Crippen LogP contribution < -0.4 is 14.8 Å². The second kappa shape index (κ2) is 8.30. The lowest BCUT2D eigenvalue weighted by molar-refractivity contribution is -0.137. The molecule has 0 radical (unpaired) electrons. The van der Waals surface area contributed by atoms with Crippen molar-refractivity contribution in [2.24, 2.45) is 5.41 Å². The molecule has 0 aromatic heterocycles. The Morgan fingerprint density at radius 1 is 1.16 bits per heavy atom. The minimum atomic E-state index is -4.54. The molecule has 0 unspecified atom stereocenters. The van der Waals surface area contributed by atoms with Gasteiger partial charge in [0.1, 0.15) is 11.5 Å². The molecule has 1 N–H and O–H groups in total. The number of hydrogen-bond acceptors (Lipinski definition) is 4. The van der Waals surface area contributed by atoms with E-state index < -0.39 is 17.8 Å². The Morgan fingerprint density at radius 2 is 1.87 bits per heavy atom. The monoisotopic (exact) mass is 436 g/mol. The molecule has 0 bridgehead atoms. The summed E-state index contributed by atoms with van der Waals surface area (Å²) in [5, 5.41) is 2.60. The van der Waals surface area contributed by atoms with Gasteiger partial charge in [0.2, 0.25) is 0 Å². The number of rotatable bonds is 5. The first-order valence-corrected chi connectivity index (χ1v) is 10.0. The van der Waals surface area contributed by atoms with Gasteiger partial charge in [0.25, 0.3) is 0 Å². The first kappa shape index (κ1) is 21.3. The third kappa shape index (κ3) is 4.71. The van der Waals surface area contributed by atoms with Crippen molar-refractivity contribution in [2.75, 3.05) is 38.2 Å². The van der Waals surface area contributed by atoms with Gasteiger partial charge < -0.3 is 24.4 Å². The second-order valence-corrected chi connectivity index (χ2v) is 7.81. The van der Waals surface area contributed by atoms with E-state index in [2.05, 4.69) is 5.32 Å². The molecule has 2 aliphatic rings. The van der Waals surface area contributed by atoms with Crippen molar-refractivity contribution in [2.45, 2.75) is 19.5 Å². The van der Waals surface area contributed by atoms with Crippen LogP contribution in [0.2, 0.25) is 0 Å². The van der Waals surface area contributed by atoms with Crippen LogP contribution in [0.25, 0.3) is 0 Å². The molecule has 166 valence electrons. The van der Waals surface area contributed by atoms with Crippen LogP contribution >= 0.6 is 0 Å². The van der Waals surface area contributed by atoms with Crippen molar-refractivity contribution in [1.29, 1.82) is 0 Å². The first-order valence-electron chi connectivity index (χ1n) is 10.0. The molecule has 2 aromatic rings. The van der Waals surface area contributed by atoms with Crippen LogP contribution in [0.4, 0.5) is 23.7 Å². The maximum absolute atomic E-state index is 13.2. The molecule has 31 heavy (non-hydrogen) atoms. The van der Waals surface area contributed by atoms with Gasteiger partial charge in [0.15, 0.2) is 5.75 Å². The van der Waals surface area contributed by atoms with Gasteiger partial charge in [0, 0.05) is 18.5 Å². The molecule has 9 heteroatoms. The Labute approximate surface area is 177 Å². The summed E-state index contributed by atoms with van der Waals surface area (Å²) >= 11 is 0. The fourth-order valence-electron chi connectivity index (χ4n) is 3.72. The summed E-state index contributed by atoms with van der Waals surface area (Å²) in [5.41, 5.74) is -0.932. The number of nitrogens with zero attached hydrogens (tertiary/aromatic N) is 1. The van der Waals surface area contributed by atoms with Crippen molar-refractivity contribution < 1.29 is 32.2 Å². The van der Waals surface area contributed by atoms with Gasteiger partial charge >= 0.3 is 12.2 Å². The first-order chi connectivity index (χ1) is 14.8. The molecule has 0 saturated carbocycles. The largest absolute Gasteiger partial charge is 0.494 e. The standard InChI is InChI=1S/C22H23F3N2O4/c1-2-30-16-4-6-17(7-5-16)31-19-8-3-15(22(23,24)25)11-18(19)26-20(28)27-10-9-21(12-27)13-29-14-21/h3-8,11H,2,9-10,12-14H2,1H3,(H,26,28). The van der Waals surface area contributed by atoms with Crippen LogP contribution in [-0.2, 0) is 10.9 Å². The van der Waals surface area contributed by atoms with Crippen LogP contribution in [0, 0.1) is 5.41 Å². The van der Waals surface area contributed by atoms with Crippen molar-refractivity contribution in [1.82, 2.24) is 4.90 Å². The molecule has 2 amide bonds. The fraction of sp³-hybridized carbons (Fsp3) is 0.409. The number of urea groups is 1. The van der Waals surface area contributed by atoms with E-state index in [-0.39, 0.29) is 16.9 Å². The van der Waals surface area contributed by atoms with E-state index in [0.29, 0.717) is 44.4 Å². The summed E-state index contributed by atoms with van der Waals surface area (Å²) in [6.07, 6.45) is -3.73. The molecule has 1 spiro atoms. The van der Waals surface area contributed by atoms with Gasteiger partial charge in [-0.15, -0.1) is 0 Å². The van der Waals surface area contributed by atoms with E-state index >= 15 is 0 Å². The summed E-state index contributed by atoms with van der Waals surface area (Å²) < 4.78 is 56.1. The molecule has 2 heterocycles. The molecule has 2 saturated heterocycles. The SMILES string of the molecule is CCOc1ccc(Oc2ccc(C(F)(F)F)cc2NC(=O)N2CCC3(COC3)C2)cc1. The van der Waals surface area contributed by atoms with Gasteiger partial charge in [-0.05, 0) is 55.8 Å². The molecular weight excluding hydrogens is 413 g/mol. The molecule has 2 aromatic carbocycles. The van der Waals surface area contributed by atoms with E-state index in [4.69, 9.17) is 14.2 Å². The number of ether oxygens (including phenoxy) is 3. The van der Waals surface area contributed by atoms with Crippen LogP contribution in [0.3, 0.4) is 0 Å². The average Bonchev–Trinajstić information content (AvgIpc) is 3.17. The zero-order valence-electron chi connectivity index (χ0n) is 17.0. The van der Waals surface area contributed by atoms with Crippen LogP contribution in [0.1, 0.15) is 18.9 Å². The number of likely N-dealkylation sites (tertiary alicyclic amines) is 1. The zero-order chi connectivity index (χ0) is 22.1. The maximum atomic E-state index is 13.2. The molecule has 4 rings (SSSR count). The molecule has 6 nitrogen and oxygen atoms in total. The second-order valence-electron chi connectivity index (χ2n) is 7.81. The lowest BCUT2D eigenvalue weighted by atomic mass is 9.85. The van der Waals surface area contributed by atoms with E-state index in [9.17, 15) is 18.0 Å². The van der Waals surface area contributed by atoms with E-state index in [0.717, 1.165) is 18.6 Å². The van der Waals surface area contributed by atoms with Crippen LogP contribution in [0.5, 0.6) is 17.2 Å². The summed E-state index contributed by atoms with van der Waals surface area (Å²) in [5.74, 6) is 1.18. The maximum Gasteiger partial charge on any atom is 0.416 e. The number of hydrogen-bond donors (Lipinski definition) is 1. The highest BCUT2D eigenvalue weighted by atomic mass is 19.4. The minimum Gasteiger partial charge on any atom is -0.494 e. The van der Waals surface area contributed by atoms with Crippen molar-refractivity contribution in [3.05, 3.63) is 48.0 Å². The molecule has 2 fully saturated rings. The lowest BCUT2D eigenvalue weighted by Gasteiger charge is -2.37. The number of carbonyl (C=O) groups excluding carboxylic acids is 1. The quantitative estimate of drug-likeness (QED) is 0.704. The number of benzene rings is 2. The zero-order valence-corrected chi connectivity index (χ0v) is 17.0. The van der Waals surface area contributed by atoms with Crippen molar-refractivity contribution >= 4 is 11.7 Å². The van der Waals surface area contributed by atoms with Crippen LogP contribution in [0.15, 0.2) is 42.5 Å². The van der Waals surface area contributed by atoms with E-state index in [1.54, 1.807) is 29.2 Å². The van der Waals surface area contributed by atoms with Gasteiger partial charge in [-0.2, -0.15) is 13.2 Å². The number of alkyl halides is 3. The van der Waals surface area contributed by atoms with Gasteiger partial charge in [0.05, 0.1) is 31.1 Å². The predicted molar refractivity (Wildman–Crippen MR) is 108 cm³/mol. The van der Waals surface area contributed by atoms with Gasteiger partial charge in [-0.25, -0.2) is 4.79 Å². The highest BCUT2D eigenvalue weighted by Gasteiger charge is 2.45. The molecular formula is C22H23F3N2O4. The average molecular weight is 436 g/mol. The summed E-state index contributed by atoms with van der Waals surface area (Å²) in [7, 11) is 0. The number of halogens is 3. The number of carbonyl (C=O) groups is 1. The topological polar surface area (TPSA) is 60.0 Å². The summed E-state index contributed by atoms with van der Waals surface area (Å²) in [6, 6.07) is 9.26. The lowest BCUT2D eigenvalue weighted by Crippen LogP contribution is -2.46. The highest BCUT2D eigenvalue weighted by molar-refractivity contribution is 5.91. The fourth-order valence-corrected chi connectivity index (χ4v) is 3.72. The van der Waals surface area contributed by atoms with E-state index in [1.165, 1.54) is 6.07 Å². The Kier molecular flexibility index (Phi) is 5.70. The molecule has 0 atom stereocenters. The van der Waals surface area contributed by atoms with Gasteiger partial charge in [-0.3, -0.25) is 0 Å². The summed E-state index contributed by atoms with van der Waals surface area (Å²) in [6.45, 7) is 4.63.